The van der Waals surface area contributed by atoms with Crippen molar-refractivity contribution in [2.24, 2.45) is 0 Å². The van der Waals surface area contributed by atoms with E-state index in [1.54, 1.807) is 0 Å². The number of nitrogens with zero attached hydrogens (tertiary/aromatic N) is 2. The number of aromatic nitrogens is 3. The second-order valence-electron chi connectivity index (χ2n) is 3.75. The van der Waals surface area contributed by atoms with Crippen molar-refractivity contribution >= 4 is 23.7 Å². The standard InChI is InChI=1S/C12H14N4S/c1-3-9-4-6-10(7-5-9)13-11-8(2)15-16-12(17)14-11/h4-7H,3H2,1-2H3,(H2,13,14,16,17). The molecule has 0 aliphatic heterocycles. The van der Waals surface area contributed by atoms with Gasteiger partial charge in [0.15, 0.2) is 5.82 Å². The van der Waals surface area contributed by atoms with Crippen LogP contribution in [-0.4, -0.2) is 15.2 Å². The summed E-state index contributed by atoms with van der Waals surface area (Å²) in [6, 6.07) is 8.24. The van der Waals surface area contributed by atoms with Gasteiger partial charge in [0, 0.05) is 5.69 Å². The fourth-order valence-corrected chi connectivity index (χ4v) is 1.61. The molecule has 2 N–H and O–H groups in total. The topological polar surface area (TPSA) is 53.6 Å². The first-order valence-corrected chi connectivity index (χ1v) is 5.89. The highest BCUT2D eigenvalue weighted by Crippen LogP contribution is 2.16. The molecule has 0 fully saturated rings. The molecule has 0 aliphatic rings. The highest BCUT2D eigenvalue weighted by Gasteiger charge is 2.01. The first-order chi connectivity index (χ1) is 8.19. The van der Waals surface area contributed by atoms with Crippen LogP contribution >= 0.6 is 12.2 Å². The van der Waals surface area contributed by atoms with Crippen molar-refractivity contribution < 1.29 is 0 Å². The number of benzene rings is 1. The van der Waals surface area contributed by atoms with Crippen LogP contribution in [0.2, 0.25) is 0 Å². The van der Waals surface area contributed by atoms with Crippen LogP contribution in [0.15, 0.2) is 24.3 Å². The molecular formula is C12H14N4S. The fraction of sp³-hybridized carbons (Fsp3) is 0.250. The number of rotatable bonds is 3. The summed E-state index contributed by atoms with van der Waals surface area (Å²) in [7, 11) is 0. The lowest BCUT2D eigenvalue weighted by Crippen LogP contribution is -2.00. The Morgan fingerprint density at radius 3 is 2.65 bits per heavy atom. The van der Waals surface area contributed by atoms with Crippen LogP contribution in [0.3, 0.4) is 0 Å². The molecule has 0 aliphatic carbocycles. The predicted molar refractivity (Wildman–Crippen MR) is 71.1 cm³/mol. The molecule has 0 radical (unpaired) electrons. The lowest BCUT2D eigenvalue weighted by atomic mass is 10.1. The van der Waals surface area contributed by atoms with Crippen molar-refractivity contribution in [1.82, 2.24) is 15.2 Å². The van der Waals surface area contributed by atoms with Crippen molar-refractivity contribution in [3.63, 3.8) is 0 Å². The van der Waals surface area contributed by atoms with Crippen molar-refractivity contribution in [1.29, 1.82) is 0 Å². The average Bonchev–Trinajstić information content (AvgIpc) is 2.35. The molecule has 1 aromatic carbocycles. The summed E-state index contributed by atoms with van der Waals surface area (Å²) in [5.74, 6) is 0.693. The molecule has 2 rings (SSSR count). The third-order valence-corrected chi connectivity index (χ3v) is 2.68. The zero-order valence-corrected chi connectivity index (χ0v) is 10.6. The SMILES string of the molecule is CCc1ccc(Nc2nc(=S)[nH]nc2C)cc1. The maximum absolute atomic E-state index is 4.95. The first-order valence-electron chi connectivity index (χ1n) is 5.48. The highest BCUT2D eigenvalue weighted by atomic mass is 32.1. The lowest BCUT2D eigenvalue weighted by molar-refractivity contribution is 0.914. The smallest absolute Gasteiger partial charge is 0.215 e. The molecule has 0 atom stereocenters. The van der Waals surface area contributed by atoms with Gasteiger partial charge < -0.3 is 5.32 Å². The molecule has 0 spiro atoms. The van der Waals surface area contributed by atoms with Crippen molar-refractivity contribution in [3.8, 4) is 0 Å². The van der Waals surface area contributed by atoms with E-state index in [1.165, 1.54) is 5.56 Å². The van der Waals surface area contributed by atoms with Crippen molar-refractivity contribution in [2.45, 2.75) is 20.3 Å². The van der Waals surface area contributed by atoms with Gasteiger partial charge in [-0.3, -0.25) is 5.10 Å². The van der Waals surface area contributed by atoms with Crippen molar-refractivity contribution in [3.05, 3.63) is 40.3 Å². The quantitative estimate of drug-likeness (QED) is 0.817. The molecule has 1 aromatic heterocycles. The average molecular weight is 246 g/mol. The summed E-state index contributed by atoms with van der Waals surface area (Å²) < 4.78 is 0.378. The zero-order valence-electron chi connectivity index (χ0n) is 9.82. The van der Waals surface area contributed by atoms with Gasteiger partial charge in [0.05, 0.1) is 0 Å². The number of H-pyrrole nitrogens is 1. The van der Waals surface area contributed by atoms with Crippen LogP contribution in [0.25, 0.3) is 0 Å². The van der Waals surface area contributed by atoms with E-state index in [-0.39, 0.29) is 0 Å². The van der Waals surface area contributed by atoms with Crippen LogP contribution in [-0.2, 0) is 6.42 Å². The van der Waals surface area contributed by atoms with E-state index in [9.17, 15) is 0 Å². The normalized spacial score (nSPS) is 10.2. The summed E-state index contributed by atoms with van der Waals surface area (Å²) >= 11 is 4.95. The number of aryl methyl sites for hydroxylation is 2. The van der Waals surface area contributed by atoms with Crippen LogP contribution in [0.1, 0.15) is 18.2 Å². The third-order valence-electron chi connectivity index (χ3n) is 2.50. The predicted octanol–water partition coefficient (Wildman–Crippen LogP) is 3.15. The van der Waals surface area contributed by atoms with Gasteiger partial charge in [-0.1, -0.05) is 19.1 Å². The molecule has 0 saturated heterocycles. The molecule has 5 heteroatoms. The second kappa shape index (κ2) is 5.05. The lowest BCUT2D eigenvalue weighted by Gasteiger charge is -2.07. The summed E-state index contributed by atoms with van der Waals surface area (Å²) in [5, 5.41) is 9.92. The minimum atomic E-state index is 0.378. The first kappa shape index (κ1) is 11.7. The molecule has 0 saturated carbocycles. The summed E-state index contributed by atoms with van der Waals surface area (Å²) in [6.45, 7) is 4.01. The van der Waals surface area contributed by atoms with Gasteiger partial charge in [-0.15, -0.1) is 0 Å². The Hall–Kier alpha value is -1.75. The minimum absolute atomic E-state index is 0.378. The van der Waals surface area contributed by atoms with E-state index >= 15 is 0 Å². The minimum Gasteiger partial charge on any atom is -0.339 e. The molecule has 2 aromatic rings. The van der Waals surface area contributed by atoms with Gasteiger partial charge in [0.1, 0.15) is 5.69 Å². The van der Waals surface area contributed by atoms with E-state index in [0.29, 0.717) is 10.6 Å². The summed E-state index contributed by atoms with van der Waals surface area (Å²) in [5.41, 5.74) is 3.09. The monoisotopic (exact) mass is 246 g/mol. The van der Waals surface area contributed by atoms with E-state index in [0.717, 1.165) is 17.8 Å². The number of hydrogen-bond donors (Lipinski definition) is 2. The Morgan fingerprint density at radius 1 is 1.29 bits per heavy atom. The Morgan fingerprint density at radius 2 is 2.00 bits per heavy atom. The van der Waals surface area contributed by atoms with E-state index in [4.69, 9.17) is 12.2 Å². The van der Waals surface area contributed by atoms with E-state index in [1.807, 2.05) is 19.1 Å². The Balaban J connectivity index is 2.24. The second-order valence-corrected chi connectivity index (χ2v) is 4.14. The van der Waals surface area contributed by atoms with Gasteiger partial charge in [-0.2, -0.15) is 10.1 Å². The number of aromatic amines is 1. The Labute approximate surface area is 105 Å². The number of hydrogen-bond acceptors (Lipinski definition) is 4. The summed E-state index contributed by atoms with van der Waals surface area (Å²) in [6.07, 6.45) is 1.04. The molecule has 4 nitrogen and oxygen atoms in total. The van der Waals surface area contributed by atoms with Crippen LogP contribution in [0, 0.1) is 11.7 Å². The van der Waals surface area contributed by atoms with Crippen LogP contribution in [0.4, 0.5) is 11.5 Å². The molecule has 17 heavy (non-hydrogen) atoms. The molecule has 0 unspecified atom stereocenters. The number of nitrogens with one attached hydrogen (secondary N) is 2. The third kappa shape index (κ3) is 2.88. The van der Waals surface area contributed by atoms with Gasteiger partial charge in [0.2, 0.25) is 4.77 Å². The van der Waals surface area contributed by atoms with Gasteiger partial charge >= 0.3 is 0 Å². The maximum Gasteiger partial charge on any atom is 0.215 e. The Kier molecular flexibility index (Phi) is 3.49. The largest absolute Gasteiger partial charge is 0.339 e. The zero-order chi connectivity index (χ0) is 12.3. The van der Waals surface area contributed by atoms with Gasteiger partial charge in [0.25, 0.3) is 0 Å². The van der Waals surface area contributed by atoms with Gasteiger partial charge in [-0.25, -0.2) is 0 Å². The van der Waals surface area contributed by atoms with Crippen molar-refractivity contribution in [2.75, 3.05) is 5.32 Å². The van der Waals surface area contributed by atoms with E-state index < -0.39 is 0 Å². The van der Waals surface area contributed by atoms with Crippen LogP contribution < -0.4 is 5.32 Å². The highest BCUT2D eigenvalue weighted by molar-refractivity contribution is 7.71. The molecule has 1 heterocycles. The fourth-order valence-electron chi connectivity index (χ4n) is 1.47. The Bertz CT molecular complexity index is 559. The molecule has 0 bridgehead atoms. The van der Waals surface area contributed by atoms with Gasteiger partial charge in [-0.05, 0) is 43.3 Å². The number of anilines is 2. The van der Waals surface area contributed by atoms with Crippen LogP contribution in [0.5, 0.6) is 0 Å². The van der Waals surface area contributed by atoms with E-state index in [2.05, 4.69) is 39.6 Å². The molecular weight excluding hydrogens is 232 g/mol. The summed E-state index contributed by atoms with van der Waals surface area (Å²) in [4.78, 5) is 4.20. The molecule has 88 valence electrons. The molecule has 0 amide bonds. The maximum atomic E-state index is 4.95.